The number of likely N-dealkylation sites (N-methyl/N-ethyl adjacent to an activating group) is 1. The summed E-state index contributed by atoms with van der Waals surface area (Å²) < 4.78 is 41.6. The summed E-state index contributed by atoms with van der Waals surface area (Å²) >= 11 is 2.49. The molecule has 0 saturated carbocycles. The Balaban J connectivity index is 1.96. The number of sulfonamides is 1. The largest absolute Gasteiger partial charge is 0.286 e. The lowest BCUT2D eigenvalue weighted by atomic mass is 10.4. The number of thiophene rings is 1. The van der Waals surface area contributed by atoms with Gasteiger partial charge in [-0.2, -0.15) is 8.42 Å². The van der Waals surface area contributed by atoms with Crippen LogP contribution >= 0.6 is 23.1 Å². The third-order valence-electron chi connectivity index (χ3n) is 3.33. The molecule has 3 rings (SSSR count). The molecule has 0 spiro atoms. The third kappa shape index (κ3) is 3.83. The first-order chi connectivity index (χ1) is 11.9. The standard InChI is InChI=1S/C16H13FN2O3S3/c1-2-19-15(20)14(10-12-4-3-9-23-12)24-16(19)18-25(21,22)13-7-5-11(17)6-8-13/h3-10H,2H2,1H3. The van der Waals surface area contributed by atoms with Crippen LogP contribution in [0.25, 0.3) is 6.08 Å². The van der Waals surface area contributed by atoms with Crippen LogP contribution in [0.3, 0.4) is 0 Å². The van der Waals surface area contributed by atoms with Crippen molar-refractivity contribution in [2.45, 2.75) is 11.8 Å². The van der Waals surface area contributed by atoms with Crippen LogP contribution in [0, 0.1) is 5.82 Å². The number of rotatable bonds is 4. The van der Waals surface area contributed by atoms with Crippen molar-refractivity contribution in [1.29, 1.82) is 0 Å². The van der Waals surface area contributed by atoms with E-state index >= 15 is 0 Å². The van der Waals surface area contributed by atoms with Crippen molar-refractivity contribution in [2.75, 3.05) is 6.54 Å². The Labute approximate surface area is 152 Å². The zero-order valence-electron chi connectivity index (χ0n) is 13.0. The lowest BCUT2D eigenvalue weighted by Crippen LogP contribution is -2.29. The Kier molecular flexibility index (Phi) is 5.07. The number of hydrogen-bond donors (Lipinski definition) is 0. The quantitative estimate of drug-likeness (QED) is 0.741. The SMILES string of the molecule is CCN1C(=O)C(=Cc2cccs2)SC1=NS(=O)(=O)c1ccc(F)cc1. The molecule has 0 atom stereocenters. The summed E-state index contributed by atoms with van der Waals surface area (Å²) in [5.41, 5.74) is 0. The van der Waals surface area contributed by atoms with E-state index in [-0.39, 0.29) is 16.0 Å². The Hall–Kier alpha value is -1.97. The summed E-state index contributed by atoms with van der Waals surface area (Å²) in [7, 11) is -4.03. The van der Waals surface area contributed by atoms with Crippen molar-refractivity contribution in [3.63, 3.8) is 0 Å². The van der Waals surface area contributed by atoms with Gasteiger partial charge in [-0.15, -0.1) is 15.7 Å². The number of amides is 1. The molecule has 0 radical (unpaired) electrons. The number of carbonyl (C=O) groups is 1. The van der Waals surface area contributed by atoms with Gasteiger partial charge in [0.05, 0.1) is 9.80 Å². The van der Waals surface area contributed by atoms with Gasteiger partial charge in [0.1, 0.15) is 5.82 Å². The van der Waals surface area contributed by atoms with Crippen molar-refractivity contribution in [2.24, 2.45) is 4.40 Å². The van der Waals surface area contributed by atoms with Crippen molar-refractivity contribution < 1.29 is 17.6 Å². The average Bonchev–Trinajstić information content (AvgIpc) is 3.17. The number of benzene rings is 1. The van der Waals surface area contributed by atoms with Crippen molar-refractivity contribution in [1.82, 2.24) is 4.90 Å². The summed E-state index contributed by atoms with van der Waals surface area (Å²) in [5, 5.41) is 1.99. The topological polar surface area (TPSA) is 66.8 Å². The molecular formula is C16H13FN2O3S3. The molecule has 2 aromatic rings. The molecule has 1 saturated heterocycles. The molecule has 1 amide bonds. The van der Waals surface area contributed by atoms with Gasteiger partial charge in [0.15, 0.2) is 5.17 Å². The first kappa shape index (κ1) is 17.8. The maximum Gasteiger partial charge on any atom is 0.284 e. The first-order valence-corrected chi connectivity index (χ1v) is 10.4. The third-order valence-corrected chi connectivity index (χ3v) is 6.55. The van der Waals surface area contributed by atoms with Crippen LogP contribution in [-0.4, -0.2) is 30.9 Å². The van der Waals surface area contributed by atoms with E-state index in [0.717, 1.165) is 40.9 Å². The highest BCUT2D eigenvalue weighted by Crippen LogP contribution is 2.34. The van der Waals surface area contributed by atoms with E-state index < -0.39 is 15.8 Å². The second kappa shape index (κ2) is 7.11. The molecule has 0 unspecified atom stereocenters. The van der Waals surface area contributed by atoms with E-state index in [0.29, 0.717) is 11.4 Å². The van der Waals surface area contributed by atoms with E-state index in [4.69, 9.17) is 0 Å². The Bertz CT molecular complexity index is 949. The maximum atomic E-state index is 13.0. The van der Waals surface area contributed by atoms with Crippen molar-refractivity contribution in [3.05, 3.63) is 57.4 Å². The minimum Gasteiger partial charge on any atom is -0.286 e. The van der Waals surface area contributed by atoms with Gasteiger partial charge in [0, 0.05) is 11.4 Å². The monoisotopic (exact) mass is 396 g/mol. The van der Waals surface area contributed by atoms with Crippen LogP contribution in [0.1, 0.15) is 11.8 Å². The zero-order chi connectivity index (χ0) is 18.0. The second-order valence-corrected chi connectivity index (χ2v) is 8.57. The molecule has 25 heavy (non-hydrogen) atoms. The lowest BCUT2D eigenvalue weighted by molar-refractivity contribution is -0.122. The lowest BCUT2D eigenvalue weighted by Gasteiger charge is -2.11. The maximum absolute atomic E-state index is 13.0. The smallest absolute Gasteiger partial charge is 0.284 e. The highest BCUT2D eigenvalue weighted by atomic mass is 32.2. The minimum atomic E-state index is -4.03. The molecule has 130 valence electrons. The predicted octanol–water partition coefficient (Wildman–Crippen LogP) is 3.57. The van der Waals surface area contributed by atoms with Gasteiger partial charge in [-0.3, -0.25) is 9.69 Å². The zero-order valence-corrected chi connectivity index (χ0v) is 15.5. The van der Waals surface area contributed by atoms with Gasteiger partial charge < -0.3 is 0 Å². The summed E-state index contributed by atoms with van der Waals surface area (Å²) in [4.78, 5) is 15.0. The molecule has 0 aliphatic carbocycles. The number of hydrogen-bond acceptors (Lipinski definition) is 5. The second-order valence-electron chi connectivity index (χ2n) is 4.98. The van der Waals surface area contributed by atoms with Crippen LogP contribution in [0.4, 0.5) is 4.39 Å². The summed E-state index contributed by atoms with van der Waals surface area (Å²) in [5.74, 6) is -0.817. The van der Waals surface area contributed by atoms with E-state index in [9.17, 15) is 17.6 Å². The minimum absolute atomic E-state index is 0.0969. The first-order valence-electron chi connectivity index (χ1n) is 7.26. The van der Waals surface area contributed by atoms with Crippen LogP contribution in [0.2, 0.25) is 0 Å². The Morgan fingerprint density at radius 1 is 1.24 bits per heavy atom. The van der Waals surface area contributed by atoms with Gasteiger partial charge in [-0.1, -0.05) is 6.07 Å². The molecule has 0 N–H and O–H groups in total. The van der Waals surface area contributed by atoms with Gasteiger partial charge >= 0.3 is 0 Å². The number of nitrogens with zero attached hydrogens (tertiary/aromatic N) is 2. The van der Waals surface area contributed by atoms with E-state index in [1.54, 1.807) is 13.0 Å². The summed E-state index contributed by atoms with van der Waals surface area (Å²) in [6.45, 7) is 2.04. The van der Waals surface area contributed by atoms with Crippen LogP contribution in [0.15, 0.2) is 56.0 Å². The van der Waals surface area contributed by atoms with Crippen molar-refractivity contribution in [3.8, 4) is 0 Å². The molecule has 9 heteroatoms. The van der Waals surface area contributed by atoms with Gasteiger partial charge in [0.2, 0.25) is 0 Å². The average molecular weight is 396 g/mol. The van der Waals surface area contributed by atoms with Crippen LogP contribution in [0.5, 0.6) is 0 Å². The van der Waals surface area contributed by atoms with E-state index in [2.05, 4.69) is 4.40 Å². The highest BCUT2D eigenvalue weighted by molar-refractivity contribution is 8.19. The van der Waals surface area contributed by atoms with E-state index in [1.807, 2.05) is 17.5 Å². The van der Waals surface area contributed by atoms with Gasteiger partial charge in [-0.25, -0.2) is 4.39 Å². The summed E-state index contributed by atoms with van der Waals surface area (Å²) in [6.07, 6.45) is 1.72. The highest BCUT2D eigenvalue weighted by Gasteiger charge is 2.34. The molecular weight excluding hydrogens is 383 g/mol. The van der Waals surface area contributed by atoms with Gasteiger partial charge in [-0.05, 0) is 60.5 Å². The Morgan fingerprint density at radius 3 is 2.56 bits per heavy atom. The molecule has 1 aliphatic heterocycles. The normalized spacial score (nSPS) is 18.5. The van der Waals surface area contributed by atoms with Gasteiger partial charge in [0.25, 0.3) is 15.9 Å². The number of halogens is 1. The van der Waals surface area contributed by atoms with Crippen LogP contribution in [-0.2, 0) is 14.8 Å². The molecule has 1 aromatic heterocycles. The fourth-order valence-electron chi connectivity index (χ4n) is 2.12. The Morgan fingerprint density at radius 2 is 1.96 bits per heavy atom. The predicted molar refractivity (Wildman–Crippen MR) is 98.3 cm³/mol. The number of amidine groups is 1. The molecule has 1 fully saturated rings. The molecule has 1 aromatic carbocycles. The van der Waals surface area contributed by atoms with E-state index in [1.165, 1.54) is 16.2 Å². The molecule has 5 nitrogen and oxygen atoms in total. The number of thioether (sulfide) groups is 1. The fraction of sp³-hybridized carbons (Fsp3) is 0.125. The summed E-state index contributed by atoms with van der Waals surface area (Å²) in [6, 6.07) is 8.14. The number of carbonyl (C=O) groups excluding carboxylic acids is 1. The molecule has 2 heterocycles. The van der Waals surface area contributed by atoms with Crippen LogP contribution < -0.4 is 0 Å². The fourth-order valence-corrected chi connectivity index (χ4v) is 5.09. The molecule has 0 bridgehead atoms. The van der Waals surface area contributed by atoms with Crippen molar-refractivity contribution >= 4 is 50.3 Å². The molecule has 1 aliphatic rings.